The van der Waals surface area contributed by atoms with Crippen molar-refractivity contribution in [1.29, 1.82) is 0 Å². The lowest BCUT2D eigenvalue weighted by atomic mass is 10.2. The third-order valence-electron chi connectivity index (χ3n) is 4.97. The molecule has 0 saturated heterocycles. The van der Waals surface area contributed by atoms with Crippen molar-refractivity contribution < 1.29 is 22.7 Å². The molecular weight excluding hydrogens is 420 g/mol. The molecule has 1 N–H and O–H groups in total. The van der Waals surface area contributed by atoms with E-state index in [9.17, 15) is 13.2 Å². The van der Waals surface area contributed by atoms with Crippen molar-refractivity contribution in [2.45, 2.75) is 18.0 Å². The van der Waals surface area contributed by atoms with E-state index in [1.54, 1.807) is 24.3 Å². The zero-order chi connectivity index (χ0) is 22.0. The van der Waals surface area contributed by atoms with Gasteiger partial charge in [0.25, 0.3) is 10.0 Å². The molecule has 0 unspecified atom stereocenters. The van der Waals surface area contributed by atoms with Crippen LogP contribution < -0.4 is 19.1 Å². The van der Waals surface area contributed by atoms with Gasteiger partial charge < -0.3 is 19.4 Å². The number of carbonyl (C=O) groups is 1. The number of para-hydroxylation sites is 1. The predicted octanol–water partition coefficient (Wildman–Crippen LogP) is 2.29. The van der Waals surface area contributed by atoms with Gasteiger partial charge in [-0.3, -0.25) is 9.10 Å². The van der Waals surface area contributed by atoms with Gasteiger partial charge in [-0.1, -0.05) is 18.2 Å². The molecule has 2 heterocycles. The smallest absolute Gasteiger partial charge is 0.283 e. The maximum atomic E-state index is 13.1. The van der Waals surface area contributed by atoms with Crippen LogP contribution in [0.25, 0.3) is 0 Å². The molecule has 0 bridgehead atoms. The number of sulfonamides is 1. The van der Waals surface area contributed by atoms with Crippen LogP contribution in [0.1, 0.15) is 5.56 Å². The zero-order valence-electron chi connectivity index (χ0n) is 17.1. The molecule has 2 aromatic carbocycles. The SMILES string of the molecule is COc1cc(NC(=O)Cn2cnc(S(=O)(=O)N3CCc4ccccc43)c2)cc(OC)c1. The second-order valence-electron chi connectivity index (χ2n) is 6.99. The first-order valence-corrected chi connectivity index (χ1v) is 11.0. The number of nitrogens with one attached hydrogen (secondary N) is 1. The summed E-state index contributed by atoms with van der Waals surface area (Å²) in [5, 5.41) is 2.65. The van der Waals surface area contributed by atoms with E-state index in [0.29, 0.717) is 35.8 Å². The molecule has 0 saturated carbocycles. The molecule has 4 rings (SSSR count). The lowest BCUT2D eigenvalue weighted by Crippen LogP contribution is -2.29. The van der Waals surface area contributed by atoms with Crippen LogP contribution in [0.4, 0.5) is 11.4 Å². The summed E-state index contributed by atoms with van der Waals surface area (Å²) in [6.07, 6.45) is 3.35. The summed E-state index contributed by atoms with van der Waals surface area (Å²) in [5.41, 5.74) is 2.16. The van der Waals surface area contributed by atoms with E-state index in [-0.39, 0.29) is 17.5 Å². The molecular formula is C21H22N4O5S. The maximum Gasteiger partial charge on any atom is 0.283 e. The number of carbonyl (C=O) groups excluding carboxylic acids is 1. The van der Waals surface area contributed by atoms with Gasteiger partial charge in [-0.2, -0.15) is 8.42 Å². The number of methoxy groups -OCH3 is 2. The fraction of sp³-hybridized carbons (Fsp3) is 0.238. The van der Waals surface area contributed by atoms with Gasteiger partial charge in [-0.05, 0) is 18.1 Å². The highest BCUT2D eigenvalue weighted by Gasteiger charge is 2.32. The molecule has 3 aromatic rings. The molecule has 162 valence electrons. The first-order valence-electron chi connectivity index (χ1n) is 9.56. The molecule has 0 atom stereocenters. The van der Waals surface area contributed by atoms with Gasteiger partial charge in [0.1, 0.15) is 18.0 Å². The van der Waals surface area contributed by atoms with Crippen LogP contribution in [-0.4, -0.2) is 44.6 Å². The van der Waals surface area contributed by atoms with E-state index in [2.05, 4.69) is 10.3 Å². The number of fused-ring (bicyclic) bond motifs is 1. The maximum absolute atomic E-state index is 13.1. The molecule has 0 spiro atoms. The van der Waals surface area contributed by atoms with Crippen LogP contribution in [0.5, 0.6) is 11.5 Å². The van der Waals surface area contributed by atoms with Crippen molar-refractivity contribution in [3.05, 3.63) is 60.6 Å². The largest absolute Gasteiger partial charge is 0.497 e. The van der Waals surface area contributed by atoms with Crippen LogP contribution in [0, 0.1) is 0 Å². The predicted molar refractivity (Wildman–Crippen MR) is 115 cm³/mol. The Morgan fingerprint density at radius 3 is 2.55 bits per heavy atom. The highest BCUT2D eigenvalue weighted by atomic mass is 32.2. The number of anilines is 2. The number of hydrogen-bond donors (Lipinski definition) is 1. The average Bonchev–Trinajstić information content (AvgIpc) is 3.41. The van der Waals surface area contributed by atoms with E-state index >= 15 is 0 Å². The molecule has 0 fully saturated rings. The quantitative estimate of drug-likeness (QED) is 0.602. The second kappa shape index (κ2) is 8.31. The zero-order valence-corrected chi connectivity index (χ0v) is 17.9. The minimum Gasteiger partial charge on any atom is -0.497 e. The number of rotatable bonds is 7. The number of imidazole rings is 1. The molecule has 10 heteroatoms. The molecule has 31 heavy (non-hydrogen) atoms. The van der Waals surface area contributed by atoms with Gasteiger partial charge in [-0.25, -0.2) is 4.98 Å². The van der Waals surface area contributed by atoms with Gasteiger partial charge in [-0.15, -0.1) is 0 Å². The summed E-state index contributed by atoms with van der Waals surface area (Å²) >= 11 is 0. The third kappa shape index (κ3) is 4.19. The number of ether oxygens (including phenoxy) is 2. The summed E-state index contributed by atoms with van der Waals surface area (Å²) in [4.78, 5) is 16.5. The Labute approximate surface area is 180 Å². The third-order valence-corrected chi connectivity index (χ3v) is 6.67. The summed E-state index contributed by atoms with van der Waals surface area (Å²) in [5.74, 6) is 0.733. The van der Waals surface area contributed by atoms with Crippen molar-refractivity contribution in [1.82, 2.24) is 9.55 Å². The Morgan fingerprint density at radius 1 is 1.13 bits per heavy atom. The van der Waals surface area contributed by atoms with E-state index in [1.165, 1.54) is 35.6 Å². The van der Waals surface area contributed by atoms with Crippen molar-refractivity contribution in [3.63, 3.8) is 0 Å². The van der Waals surface area contributed by atoms with E-state index in [4.69, 9.17) is 9.47 Å². The van der Waals surface area contributed by atoms with Crippen LogP contribution in [0.15, 0.2) is 60.0 Å². The highest BCUT2D eigenvalue weighted by Crippen LogP contribution is 2.32. The summed E-state index contributed by atoms with van der Waals surface area (Å²) in [7, 11) is -0.766. The van der Waals surface area contributed by atoms with Gasteiger partial charge in [0, 0.05) is 36.6 Å². The normalized spacial score (nSPS) is 13.0. The second-order valence-corrected chi connectivity index (χ2v) is 8.80. The lowest BCUT2D eigenvalue weighted by molar-refractivity contribution is -0.116. The number of benzene rings is 2. The highest BCUT2D eigenvalue weighted by molar-refractivity contribution is 7.92. The Bertz CT molecular complexity index is 1200. The number of hydrogen-bond acceptors (Lipinski definition) is 6. The molecule has 0 aliphatic carbocycles. The Balaban J connectivity index is 1.48. The van der Waals surface area contributed by atoms with Crippen LogP contribution in [0.2, 0.25) is 0 Å². The Kier molecular flexibility index (Phi) is 5.55. The summed E-state index contributed by atoms with van der Waals surface area (Å²) in [6, 6.07) is 12.4. The van der Waals surface area contributed by atoms with Gasteiger partial charge in [0.05, 0.1) is 26.2 Å². The van der Waals surface area contributed by atoms with Gasteiger partial charge >= 0.3 is 0 Å². The molecule has 0 radical (unpaired) electrons. The van der Waals surface area contributed by atoms with Crippen molar-refractivity contribution in [3.8, 4) is 11.5 Å². The molecule has 1 aromatic heterocycles. The van der Waals surface area contributed by atoms with Gasteiger partial charge in [0.2, 0.25) is 5.91 Å². The van der Waals surface area contributed by atoms with Crippen molar-refractivity contribution in [2.24, 2.45) is 0 Å². The molecule has 1 aliphatic rings. The average molecular weight is 442 g/mol. The lowest BCUT2D eigenvalue weighted by Gasteiger charge is -2.17. The Hall–Kier alpha value is -3.53. The van der Waals surface area contributed by atoms with E-state index < -0.39 is 10.0 Å². The minimum atomic E-state index is -3.81. The fourth-order valence-corrected chi connectivity index (χ4v) is 4.92. The first kappa shape index (κ1) is 20.7. The topological polar surface area (TPSA) is 103 Å². The number of aromatic nitrogens is 2. The Morgan fingerprint density at radius 2 is 1.84 bits per heavy atom. The number of amides is 1. The van der Waals surface area contributed by atoms with Crippen LogP contribution in [0.3, 0.4) is 0 Å². The first-order chi connectivity index (χ1) is 14.9. The minimum absolute atomic E-state index is 0.0972. The van der Waals surface area contributed by atoms with Crippen LogP contribution in [-0.2, 0) is 27.8 Å². The number of nitrogens with zero attached hydrogens (tertiary/aromatic N) is 3. The summed E-state index contributed by atoms with van der Waals surface area (Å²) < 4.78 is 39.3. The van der Waals surface area contributed by atoms with Crippen molar-refractivity contribution in [2.75, 3.05) is 30.4 Å². The summed E-state index contributed by atoms with van der Waals surface area (Å²) in [6.45, 7) is 0.269. The molecule has 9 nitrogen and oxygen atoms in total. The van der Waals surface area contributed by atoms with E-state index in [0.717, 1.165) is 5.56 Å². The van der Waals surface area contributed by atoms with Gasteiger partial charge in [0.15, 0.2) is 5.03 Å². The standard InChI is InChI=1S/C21H22N4O5S/c1-29-17-9-16(10-18(11-17)30-2)23-20(26)12-24-13-21(22-14-24)31(27,28)25-8-7-15-5-3-4-6-19(15)25/h3-6,9-11,13-14H,7-8,12H2,1-2H3,(H,23,26). The molecule has 1 amide bonds. The monoisotopic (exact) mass is 442 g/mol. The van der Waals surface area contributed by atoms with Crippen LogP contribution >= 0.6 is 0 Å². The fourth-order valence-electron chi connectivity index (χ4n) is 3.48. The van der Waals surface area contributed by atoms with E-state index in [1.807, 2.05) is 18.2 Å². The van der Waals surface area contributed by atoms with Crippen molar-refractivity contribution >= 4 is 27.3 Å². The molecule has 1 aliphatic heterocycles.